The molecule has 46 valence electrons. The Bertz CT molecular complexity index is 70.4. The zero-order chi connectivity index (χ0) is 5.40. The van der Waals surface area contributed by atoms with E-state index in [9.17, 15) is 0 Å². The van der Waals surface area contributed by atoms with E-state index in [2.05, 4.69) is 5.32 Å². The quantitative estimate of drug-likeness (QED) is 0.535. The van der Waals surface area contributed by atoms with Crippen molar-refractivity contribution in [2.75, 3.05) is 6.54 Å². The van der Waals surface area contributed by atoms with Crippen molar-refractivity contribution in [3.8, 4) is 0 Å². The topological polar surface area (TPSA) is 12.0 Å². The van der Waals surface area contributed by atoms with Crippen LogP contribution in [-0.2, 0) is 0 Å². The second-order valence-electron chi connectivity index (χ2n) is 3.04. The molecule has 0 spiro atoms. The summed E-state index contributed by atoms with van der Waals surface area (Å²) in [7, 11) is 0. The minimum atomic E-state index is 0.934. The van der Waals surface area contributed by atoms with E-state index < -0.39 is 0 Å². The fraction of sp³-hybridized carbons (Fsp3) is 1.00. The van der Waals surface area contributed by atoms with Crippen molar-refractivity contribution in [2.24, 2.45) is 5.92 Å². The molecule has 1 heterocycles. The summed E-state index contributed by atoms with van der Waals surface area (Å²) in [5.74, 6) is 1.07. The molecule has 2 rings (SSSR count). The zero-order valence-corrected chi connectivity index (χ0v) is 5.19. The van der Waals surface area contributed by atoms with E-state index >= 15 is 0 Å². The van der Waals surface area contributed by atoms with Crippen LogP contribution in [0.25, 0.3) is 0 Å². The van der Waals surface area contributed by atoms with Crippen molar-refractivity contribution < 1.29 is 0 Å². The van der Waals surface area contributed by atoms with Gasteiger partial charge in [-0.15, -0.1) is 0 Å². The highest BCUT2D eigenvalue weighted by atomic mass is 15.0. The molecule has 1 N–H and O–H groups in total. The maximum atomic E-state index is 3.45. The van der Waals surface area contributed by atoms with E-state index in [0.29, 0.717) is 0 Å². The van der Waals surface area contributed by atoms with Crippen LogP contribution in [0.4, 0.5) is 0 Å². The van der Waals surface area contributed by atoms with Crippen molar-refractivity contribution >= 4 is 0 Å². The first kappa shape index (κ1) is 4.80. The third-order valence-corrected chi connectivity index (χ3v) is 2.58. The summed E-state index contributed by atoms with van der Waals surface area (Å²) in [4.78, 5) is 0. The van der Waals surface area contributed by atoms with Gasteiger partial charge in [-0.25, -0.2) is 0 Å². The lowest BCUT2D eigenvalue weighted by Crippen LogP contribution is -2.49. The van der Waals surface area contributed by atoms with Gasteiger partial charge in [0.1, 0.15) is 0 Å². The summed E-state index contributed by atoms with van der Waals surface area (Å²) >= 11 is 0. The van der Waals surface area contributed by atoms with Crippen LogP contribution in [-0.4, -0.2) is 12.6 Å². The molecule has 1 aliphatic heterocycles. The normalized spacial score (nSPS) is 38.2. The standard InChI is InChI=1S/C7H13N/c1-2-6(3-1)7-4-5-8-7/h6-8H,1-5H2/t7-/m1/s1. The molecule has 0 bridgehead atoms. The van der Waals surface area contributed by atoms with Gasteiger partial charge in [0.25, 0.3) is 0 Å². The first-order valence-corrected chi connectivity index (χ1v) is 3.70. The molecule has 0 unspecified atom stereocenters. The Balaban J connectivity index is 1.79. The summed E-state index contributed by atoms with van der Waals surface area (Å²) in [6, 6.07) is 0.934. The maximum absolute atomic E-state index is 3.45. The van der Waals surface area contributed by atoms with E-state index in [0.717, 1.165) is 12.0 Å². The van der Waals surface area contributed by atoms with Crippen LogP contribution < -0.4 is 5.32 Å². The molecule has 1 saturated carbocycles. The lowest BCUT2D eigenvalue weighted by molar-refractivity contribution is 0.174. The zero-order valence-electron chi connectivity index (χ0n) is 5.19. The molecule has 1 atom stereocenters. The van der Waals surface area contributed by atoms with Gasteiger partial charge in [-0.3, -0.25) is 0 Å². The van der Waals surface area contributed by atoms with E-state index in [1.807, 2.05) is 0 Å². The third kappa shape index (κ3) is 0.576. The molecule has 0 amide bonds. The lowest BCUT2D eigenvalue weighted by Gasteiger charge is -2.40. The molecular formula is C7H13N. The monoisotopic (exact) mass is 111 g/mol. The van der Waals surface area contributed by atoms with Crippen LogP contribution in [0.15, 0.2) is 0 Å². The highest BCUT2D eigenvalue weighted by Gasteiger charge is 2.30. The van der Waals surface area contributed by atoms with E-state index in [1.54, 1.807) is 0 Å². The van der Waals surface area contributed by atoms with Crippen molar-refractivity contribution in [3.63, 3.8) is 0 Å². The molecule has 1 saturated heterocycles. The fourth-order valence-corrected chi connectivity index (χ4v) is 1.56. The Kier molecular flexibility index (Phi) is 1.04. The molecule has 8 heavy (non-hydrogen) atoms. The van der Waals surface area contributed by atoms with Gasteiger partial charge >= 0.3 is 0 Å². The Morgan fingerprint density at radius 1 is 1.12 bits per heavy atom. The number of rotatable bonds is 1. The highest BCUT2D eigenvalue weighted by molar-refractivity contribution is 4.88. The van der Waals surface area contributed by atoms with E-state index in [1.165, 1.54) is 32.2 Å². The highest BCUT2D eigenvalue weighted by Crippen LogP contribution is 2.32. The lowest BCUT2D eigenvalue weighted by atomic mass is 9.76. The molecule has 1 nitrogen and oxygen atoms in total. The van der Waals surface area contributed by atoms with Gasteiger partial charge in [0.05, 0.1) is 0 Å². The van der Waals surface area contributed by atoms with Gasteiger partial charge in [0.15, 0.2) is 0 Å². The number of hydrogen-bond donors (Lipinski definition) is 1. The third-order valence-electron chi connectivity index (χ3n) is 2.58. The van der Waals surface area contributed by atoms with Gasteiger partial charge in [-0.1, -0.05) is 6.42 Å². The molecule has 1 aliphatic carbocycles. The molecule has 0 aromatic heterocycles. The summed E-state index contributed by atoms with van der Waals surface area (Å²) in [6.45, 7) is 1.28. The van der Waals surface area contributed by atoms with Crippen molar-refractivity contribution in [1.82, 2.24) is 5.32 Å². The molecule has 0 aromatic rings. The minimum absolute atomic E-state index is 0.934. The molecule has 1 heteroatoms. The van der Waals surface area contributed by atoms with Crippen LogP contribution in [0.3, 0.4) is 0 Å². The minimum Gasteiger partial charge on any atom is -0.314 e. The van der Waals surface area contributed by atoms with Crippen LogP contribution in [0.5, 0.6) is 0 Å². The molecule has 0 radical (unpaired) electrons. The van der Waals surface area contributed by atoms with Gasteiger partial charge in [-0.2, -0.15) is 0 Å². The average molecular weight is 111 g/mol. The Labute approximate surface area is 50.5 Å². The first-order valence-electron chi connectivity index (χ1n) is 3.70. The number of hydrogen-bond acceptors (Lipinski definition) is 1. The summed E-state index contributed by atoms with van der Waals surface area (Å²) in [5.41, 5.74) is 0. The van der Waals surface area contributed by atoms with Crippen LogP contribution in [0, 0.1) is 5.92 Å². The second kappa shape index (κ2) is 1.73. The Morgan fingerprint density at radius 2 is 1.88 bits per heavy atom. The molecule has 0 aromatic carbocycles. The summed E-state index contributed by atoms with van der Waals surface area (Å²) in [6.07, 6.45) is 5.93. The number of nitrogens with one attached hydrogen (secondary N) is 1. The molecular weight excluding hydrogens is 98.1 g/mol. The van der Waals surface area contributed by atoms with Gasteiger partial charge in [0, 0.05) is 6.04 Å². The van der Waals surface area contributed by atoms with Crippen molar-refractivity contribution in [1.29, 1.82) is 0 Å². The average Bonchev–Trinajstić information content (AvgIpc) is 1.47. The van der Waals surface area contributed by atoms with E-state index in [4.69, 9.17) is 0 Å². The molecule has 2 aliphatic rings. The van der Waals surface area contributed by atoms with Crippen LogP contribution in [0.2, 0.25) is 0 Å². The predicted octanol–water partition coefficient (Wildman–Crippen LogP) is 1.15. The fourth-order valence-electron chi connectivity index (χ4n) is 1.56. The summed E-state index contributed by atoms with van der Waals surface area (Å²) in [5, 5.41) is 3.45. The first-order chi connectivity index (χ1) is 3.97. The SMILES string of the molecule is C1CC([C@H]2CCN2)C1. The second-order valence-corrected chi connectivity index (χ2v) is 3.04. The van der Waals surface area contributed by atoms with Gasteiger partial charge in [-0.05, 0) is 31.7 Å². The van der Waals surface area contributed by atoms with Crippen LogP contribution in [0.1, 0.15) is 25.7 Å². The molecule has 2 fully saturated rings. The smallest absolute Gasteiger partial charge is 0.0107 e. The maximum Gasteiger partial charge on any atom is 0.0107 e. The van der Waals surface area contributed by atoms with Gasteiger partial charge < -0.3 is 5.32 Å². The summed E-state index contributed by atoms with van der Waals surface area (Å²) < 4.78 is 0. The van der Waals surface area contributed by atoms with Crippen molar-refractivity contribution in [2.45, 2.75) is 31.7 Å². The largest absolute Gasteiger partial charge is 0.314 e. The van der Waals surface area contributed by atoms with Crippen LogP contribution >= 0.6 is 0 Å². The van der Waals surface area contributed by atoms with Gasteiger partial charge in [0.2, 0.25) is 0 Å². The Morgan fingerprint density at radius 3 is 2.00 bits per heavy atom. The van der Waals surface area contributed by atoms with E-state index in [-0.39, 0.29) is 0 Å². The van der Waals surface area contributed by atoms with Crippen molar-refractivity contribution in [3.05, 3.63) is 0 Å². The predicted molar refractivity (Wildman–Crippen MR) is 33.7 cm³/mol. The Hall–Kier alpha value is -0.0400.